The Morgan fingerprint density at radius 1 is 0.956 bits per heavy atom. The fourth-order valence-electron chi connectivity index (χ4n) is 6.25. The molecule has 0 spiro atoms. The van der Waals surface area contributed by atoms with E-state index >= 15 is 0 Å². The van der Waals surface area contributed by atoms with E-state index in [4.69, 9.17) is 9.57 Å². The zero-order chi connectivity index (χ0) is 32.5. The van der Waals surface area contributed by atoms with Gasteiger partial charge in [0, 0.05) is 31.0 Å². The molecule has 2 saturated heterocycles. The first-order valence-corrected chi connectivity index (χ1v) is 16.1. The van der Waals surface area contributed by atoms with Crippen LogP contribution in [0.1, 0.15) is 77.2 Å². The number of benzene rings is 1. The molecule has 2 aromatic rings. The molecule has 0 aliphatic carbocycles. The zero-order valence-corrected chi connectivity index (χ0v) is 26.8. The van der Waals surface area contributed by atoms with Crippen molar-refractivity contribution < 1.29 is 33.5 Å². The second kappa shape index (κ2) is 15.8. The average molecular weight is 626 g/mol. The largest absolute Gasteiger partial charge is 0.469 e. The van der Waals surface area contributed by atoms with Gasteiger partial charge in [-0.3, -0.25) is 24.0 Å². The number of carbonyl (C=O) groups excluding carboxylic acids is 5. The Balaban J connectivity index is 1.66. The number of aromatic nitrogens is 1. The maximum Gasteiger partial charge on any atom is 0.305 e. The van der Waals surface area contributed by atoms with Gasteiger partial charge in [0.15, 0.2) is 0 Å². The maximum atomic E-state index is 14.0. The van der Waals surface area contributed by atoms with E-state index in [0.717, 1.165) is 29.3 Å². The number of esters is 1. The number of nitrogens with zero attached hydrogens (tertiary/aromatic N) is 2. The van der Waals surface area contributed by atoms with Gasteiger partial charge in [0.05, 0.1) is 12.6 Å². The predicted octanol–water partition coefficient (Wildman–Crippen LogP) is 2.26. The Morgan fingerprint density at radius 2 is 1.69 bits per heavy atom. The molecule has 12 heteroatoms. The first-order chi connectivity index (χ1) is 21.7. The van der Waals surface area contributed by atoms with Gasteiger partial charge >= 0.3 is 5.97 Å². The lowest BCUT2D eigenvalue weighted by atomic mass is 9.93. The van der Waals surface area contributed by atoms with Gasteiger partial charge in [-0.25, -0.2) is 0 Å². The van der Waals surface area contributed by atoms with E-state index in [0.29, 0.717) is 45.1 Å². The molecule has 2 aliphatic rings. The lowest BCUT2D eigenvalue weighted by Crippen LogP contribution is -2.64. The number of amides is 4. The van der Waals surface area contributed by atoms with E-state index in [-0.39, 0.29) is 36.5 Å². The molecule has 2 aliphatic heterocycles. The third-order valence-electron chi connectivity index (χ3n) is 9.11. The molecule has 246 valence electrons. The predicted molar refractivity (Wildman–Crippen MR) is 168 cm³/mol. The molecule has 45 heavy (non-hydrogen) atoms. The quantitative estimate of drug-likeness (QED) is 0.256. The fraction of sp³-hybridized carbons (Fsp3) is 0.606. The number of fused-ring (bicyclic) bond motifs is 2. The van der Waals surface area contributed by atoms with E-state index < -0.39 is 36.0 Å². The van der Waals surface area contributed by atoms with Crippen LogP contribution in [0.25, 0.3) is 10.9 Å². The number of carbonyl (C=O) groups is 5. The number of rotatable bonds is 11. The molecular weight excluding hydrogens is 578 g/mol. The number of hydrogen-bond donors (Lipinski definition) is 3. The molecule has 5 atom stereocenters. The number of nitrogens with one attached hydrogen (secondary N) is 3. The van der Waals surface area contributed by atoms with Crippen LogP contribution in [0.5, 0.6) is 0 Å². The molecule has 0 bridgehead atoms. The minimum absolute atomic E-state index is 0.141. The van der Waals surface area contributed by atoms with Crippen LogP contribution in [0.4, 0.5) is 0 Å². The monoisotopic (exact) mass is 625 g/mol. The van der Waals surface area contributed by atoms with Gasteiger partial charge in [0.2, 0.25) is 23.6 Å². The molecular formula is C33H47N5O7. The first-order valence-electron chi connectivity index (χ1n) is 16.1. The number of ether oxygens (including phenoxy) is 1. The molecule has 1 aromatic carbocycles. The summed E-state index contributed by atoms with van der Waals surface area (Å²) in [5.74, 6) is -2.08. The molecule has 2 unspecified atom stereocenters. The van der Waals surface area contributed by atoms with Crippen molar-refractivity contribution in [2.45, 2.75) is 102 Å². The summed E-state index contributed by atoms with van der Waals surface area (Å²) in [5, 5.41) is 9.68. The summed E-state index contributed by atoms with van der Waals surface area (Å²) in [7, 11) is 2.90. The van der Waals surface area contributed by atoms with Crippen molar-refractivity contribution in [3.05, 3.63) is 36.0 Å². The summed E-state index contributed by atoms with van der Waals surface area (Å²) in [6.07, 6.45) is 6.98. The van der Waals surface area contributed by atoms with Gasteiger partial charge in [-0.1, -0.05) is 51.3 Å². The summed E-state index contributed by atoms with van der Waals surface area (Å²) in [6.45, 7) is 4.27. The summed E-state index contributed by atoms with van der Waals surface area (Å²) in [6, 6.07) is 4.10. The van der Waals surface area contributed by atoms with Crippen molar-refractivity contribution in [1.82, 2.24) is 25.6 Å². The zero-order valence-electron chi connectivity index (χ0n) is 26.8. The maximum absolute atomic E-state index is 14.0. The molecule has 0 saturated carbocycles. The van der Waals surface area contributed by atoms with E-state index in [1.54, 1.807) is 22.9 Å². The first kappa shape index (κ1) is 33.8. The minimum Gasteiger partial charge on any atom is -0.469 e. The fourth-order valence-corrected chi connectivity index (χ4v) is 6.25. The average Bonchev–Trinajstić information content (AvgIpc) is 3.41. The van der Waals surface area contributed by atoms with Crippen LogP contribution < -0.4 is 20.8 Å². The summed E-state index contributed by atoms with van der Waals surface area (Å²) < 4.78 is 6.32. The highest BCUT2D eigenvalue weighted by Crippen LogP contribution is 2.24. The lowest BCUT2D eigenvalue weighted by Gasteiger charge is -2.39. The van der Waals surface area contributed by atoms with E-state index in [9.17, 15) is 24.0 Å². The van der Waals surface area contributed by atoms with Gasteiger partial charge < -0.3 is 30.4 Å². The smallest absolute Gasteiger partial charge is 0.305 e. The lowest BCUT2D eigenvalue weighted by molar-refractivity contribution is -0.147. The highest BCUT2D eigenvalue weighted by Gasteiger charge is 2.40. The van der Waals surface area contributed by atoms with Crippen LogP contribution in [0, 0.1) is 5.92 Å². The molecule has 3 N–H and O–H groups in total. The normalized spacial score (nSPS) is 23.6. The highest BCUT2D eigenvalue weighted by molar-refractivity contribution is 5.98. The Hall–Kier alpha value is -4.09. The van der Waals surface area contributed by atoms with Gasteiger partial charge in [0.1, 0.15) is 31.3 Å². The standard InChI is InChI=1S/C33H47N5O7/c1-5-21(2)29-33(43)37-18-12-11-16-27(37)32(42)34-24(14-7-6-8-17-28(39)44-3)30(40)35-25(31(41)36-29)19-22-20-38(45-4)26-15-10-9-13-23(22)26/h9-10,13,15,20-21,24-25,27,29H,5-8,11-12,14,16-19H2,1-4H3,(H,34,42)(H,35,40)(H,36,41)/t21?,24-,25-,27?,29-/m0/s1. The van der Waals surface area contributed by atoms with Gasteiger partial charge in [-0.15, -0.1) is 0 Å². The molecule has 4 amide bonds. The summed E-state index contributed by atoms with van der Waals surface area (Å²) in [5.41, 5.74) is 1.60. The van der Waals surface area contributed by atoms with E-state index in [1.165, 1.54) is 7.11 Å². The number of para-hydroxylation sites is 1. The van der Waals surface area contributed by atoms with Crippen molar-refractivity contribution in [3.63, 3.8) is 0 Å². The number of methoxy groups -OCH3 is 1. The van der Waals surface area contributed by atoms with Crippen LogP contribution in [0.15, 0.2) is 30.5 Å². The Labute approximate surface area is 264 Å². The SMILES string of the molecule is CCC(C)[C@@H]1NC(=O)[C@H](Cc2cn(OC)c3ccccc23)NC(=O)[C@H](CCCCCC(=O)OC)NC(=O)C2CCCCN2C1=O. The van der Waals surface area contributed by atoms with Gasteiger partial charge in [0.25, 0.3) is 0 Å². The van der Waals surface area contributed by atoms with Crippen molar-refractivity contribution in [2.24, 2.45) is 5.92 Å². The highest BCUT2D eigenvalue weighted by atomic mass is 16.6. The number of unbranched alkanes of at least 4 members (excludes halogenated alkanes) is 2. The van der Waals surface area contributed by atoms with Crippen molar-refractivity contribution >= 4 is 40.5 Å². The van der Waals surface area contributed by atoms with Crippen LogP contribution in [0.3, 0.4) is 0 Å². The molecule has 2 fully saturated rings. The van der Waals surface area contributed by atoms with Gasteiger partial charge in [-0.2, -0.15) is 4.73 Å². The van der Waals surface area contributed by atoms with Crippen LogP contribution in [-0.2, 0) is 35.1 Å². The third-order valence-corrected chi connectivity index (χ3v) is 9.11. The second-order valence-electron chi connectivity index (χ2n) is 12.1. The number of piperidine rings is 1. The van der Waals surface area contributed by atoms with Crippen LogP contribution >= 0.6 is 0 Å². The molecule has 3 heterocycles. The van der Waals surface area contributed by atoms with Crippen LogP contribution in [0.2, 0.25) is 0 Å². The molecule has 4 rings (SSSR count). The minimum atomic E-state index is -1.02. The Bertz CT molecular complexity index is 1370. The topological polar surface area (TPSA) is 148 Å². The molecule has 12 nitrogen and oxygen atoms in total. The second-order valence-corrected chi connectivity index (χ2v) is 12.1. The van der Waals surface area contributed by atoms with Crippen molar-refractivity contribution in [1.29, 1.82) is 0 Å². The van der Waals surface area contributed by atoms with Crippen molar-refractivity contribution in [2.75, 3.05) is 20.8 Å². The summed E-state index contributed by atoms with van der Waals surface area (Å²) in [4.78, 5) is 74.2. The third kappa shape index (κ3) is 8.15. The van der Waals surface area contributed by atoms with Gasteiger partial charge in [-0.05, 0) is 49.7 Å². The van der Waals surface area contributed by atoms with E-state index in [2.05, 4.69) is 16.0 Å². The molecule has 0 radical (unpaired) electrons. The van der Waals surface area contributed by atoms with Crippen LogP contribution in [-0.4, -0.2) is 84.2 Å². The molecule has 1 aromatic heterocycles. The Morgan fingerprint density at radius 3 is 2.42 bits per heavy atom. The number of hydrogen-bond acceptors (Lipinski definition) is 7. The Kier molecular flexibility index (Phi) is 11.8. The van der Waals surface area contributed by atoms with E-state index in [1.807, 2.05) is 38.1 Å². The summed E-state index contributed by atoms with van der Waals surface area (Å²) >= 11 is 0. The van der Waals surface area contributed by atoms with Crippen molar-refractivity contribution in [3.8, 4) is 0 Å².